The van der Waals surface area contributed by atoms with Crippen LogP contribution in [0.1, 0.15) is 72.8 Å². The summed E-state index contributed by atoms with van der Waals surface area (Å²) in [7, 11) is 5.36. The van der Waals surface area contributed by atoms with Crippen molar-refractivity contribution >= 4 is 41.3 Å². The Bertz CT molecular complexity index is 1490. The van der Waals surface area contributed by atoms with E-state index >= 15 is 0 Å². The molecule has 3 aromatic rings. The number of cyclic esters (lactones) is 1. The maximum atomic E-state index is 12.9. The minimum absolute atomic E-state index is 0.0331. The number of morpholine rings is 1. The molecule has 2 aliphatic rings. The van der Waals surface area contributed by atoms with Crippen molar-refractivity contribution in [2.45, 2.75) is 54.6 Å². The number of ketones is 1. The molecule has 1 N–H and O–H groups in total. The second-order valence-corrected chi connectivity index (χ2v) is 10.7. The highest BCUT2D eigenvalue weighted by Crippen LogP contribution is 2.32. The zero-order chi connectivity index (χ0) is 36.1. The number of allylic oxidation sites excluding steroid dienone is 1. The van der Waals surface area contributed by atoms with Crippen LogP contribution in [0.2, 0.25) is 0 Å². The van der Waals surface area contributed by atoms with E-state index in [9.17, 15) is 19.2 Å². The van der Waals surface area contributed by atoms with Gasteiger partial charge in [-0.15, -0.1) is 0 Å². The third-order valence-corrected chi connectivity index (χ3v) is 7.03. The molecule has 0 spiro atoms. The number of Topliss-reactive ketones (excluding diaryl/α,β-unsaturated/α-hetero) is 1. The van der Waals surface area contributed by atoms with E-state index in [1.807, 2.05) is 77.1 Å². The van der Waals surface area contributed by atoms with Crippen LogP contribution < -0.4 is 5.32 Å². The molecule has 9 heteroatoms. The second kappa shape index (κ2) is 23.0. The Morgan fingerprint density at radius 2 is 1.56 bits per heavy atom. The van der Waals surface area contributed by atoms with Gasteiger partial charge < -0.3 is 19.6 Å². The number of fused-ring (bicyclic) bond motifs is 1. The van der Waals surface area contributed by atoms with Crippen LogP contribution in [-0.4, -0.2) is 81.6 Å². The van der Waals surface area contributed by atoms with Gasteiger partial charge in [0, 0.05) is 50.7 Å². The minimum Gasteiger partial charge on any atom is -0.463 e. The number of nitrogens with one attached hydrogen (secondary N) is 1. The Morgan fingerprint density at radius 1 is 0.917 bits per heavy atom. The largest absolute Gasteiger partial charge is 0.463 e. The molecule has 5 rings (SSSR count). The van der Waals surface area contributed by atoms with Crippen LogP contribution in [0.25, 0.3) is 11.3 Å². The molecule has 0 atom stereocenters. The van der Waals surface area contributed by atoms with Gasteiger partial charge >= 0.3 is 5.97 Å². The van der Waals surface area contributed by atoms with Gasteiger partial charge in [0.25, 0.3) is 0 Å². The number of carbonyl (C=O) groups is 4. The average molecular weight is 660 g/mol. The molecule has 0 aromatic heterocycles. The Kier molecular flexibility index (Phi) is 19.9. The van der Waals surface area contributed by atoms with Gasteiger partial charge in [-0.25, -0.2) is 0 Å². The number of carbonyl (C=O) groups excluding carboxylic acids is 4. The molecule has 2 aliphatic heterocycles. The highest BCUT2D eigenvalue weighted by molar-refractivity contribution is 6.28. The quantitative estimate of drug-likeness (QED) is 0.123. The van der Waals surface area contributed by atoms with Crippen LogP contribution in [0.4, 0.5) is 5.69 Å². The number of aryl methyl sites for hydroxylation is 1. The molecule has 260 valence electrons. The smallest absolute Gasteiger partial charge is 0.320 e. The Hall–Kier alpha value is -4.44. The number of hydrogen-bond acceptors (Lipinski definition) is 9. The number of rotatable bonds is 8. The number of methoxy groups -OCH3 is 1. The number of esters is 1. The zero-order valence-electron chi connectivity index (χ0n) is 30.1. The summed E-state index contributed by atoms with van der Waals surface area (Å²) in [6.07, 6.45) is 1.62. The molecular weight excluding hydrogens is 606 g/mol. The van der Waals surface area contributed by atoms with Gasteiger partial charge in [-0.3, -0.25) is 24.2 Å². The normalized spacial score (nSPS) is 13.9. The van der Waals surface area contributed by atoms with E-state index in [2.05, 4.69) is 44.9 Å². The molecule has 0 aliphatic carbocycles. The Balaban J connectivity index is 0.000000564. The van der Waals surface area contributed by atoms with Gasteiger partial charge in [-0.2, -0.15) is 0 Å². The molecule has 0 saturated carbocycles. The molecule has 9 nitrogen and oxygen atoms in total. The van der Waals surface area contributed by atoms with E-state index in [1.165, 1.54) is 11.1 Å². The van der Waals surface area contributed by atoms with E-state index < -0.39 is 0 Å². The summed E-state index contributed by atoms with van der Waals surface area (Å²) in [6, 6.07) is 21.7. The SMILES string of the molecule is CC.CC.CC(=O)/C(=C(\Nc1ccc2c(c1)CN(C)C2)c1ccccc1)c1ccc(C=O)cc1C.COC.O=CCN1CCOC(=O)C1. The predicted molar refractivity (Wildman–Crippen MR) is 195 cm³/mol. The van der Waals surface area contributed by atoms with Gasteiger partial charge in [0.2, 0.25) is 0 Å². The first-order valence-corrected chi connectivity index (χ1v) is 16.4. The molecule has 2 heterocycles. The average Bonchev–Trinajstić information content (AvgIpc) is 3.47. The lowest BCUT2D eigenvalue weighted by atomic mass is 9.92. The van der Waals surface area contributed by atoms with E-state index in [1.54, 1.807) is 32.1 Å². The van der Waals surface area contributed by atoms with Crippen molar-refractivity contribution in [3.05, 3.63) is 100 Å². The lowest BCUT2D eigenvalue weighted by Gasteiger charge is -2.22. The molecule has 3 aromatic carbocycles. The molecule has 1 saturated heterocycles. The van der Waals surface area contributed by atoms with Crippen LogP contribution in [0, 0.1) is 6.92 Å². The maximum Gasteiger partial charge on any atom is 0.320 e. The molecular formula is C39H53N3O6. The fraction of sp³-hybridized carbons (Fsp3) is 0.385. The van der Waals surface area contributed by atoms with Gasteiger partial charge in [-0.05, 0) is 66.9 Å². The number of anilines is 1. The Morgan fingerprint density at radius 3 is 2.12 bits per heavy atom. The van der Waals surface area contributed by atoms with Crippen LogP contribution >= 0.6 is 0 Å². The molecule has 0 radical (unpaired) electrons. The van der Waals surface area contributed by atoms with Crippen LogP contribution in [0.5, 0.6) is 0 Å². The summed E-state index contributed by atoms with van der Waals surface area (Å²) in [5.41, 5.74) is 8.21. The highest BCUT2D eigenvalue weighted by Gasteiger charge is 2.20. The van der Waals surface area contributed by atoms with Gasteiger partial charge in [0.1, 0.15) is 19.2 Å². The van der Waals surface area contributed by atoms with Crippen molar-refractivity contribution in [2.75, 3.05) is 52.8 Å². The first kappa shape index (κ1) is 41.6. The number of benzene rings is 3. The first-order valence-electron chi connectivity index (χ1n) is 16.4. The summed E-state index contributed by atoms with van der Waals surface area (Å²) >= 11 is 0. The number of nitrogens with zero attached hydrogens (tertiary/aromatic N) is 2. The molecule has 0 bridgehead atoms. The van der Waals surface area contributed by atoms with Gasteiger partial charge in [0.05, 0.1) is 18.8 Å². The summed E-state index contributed by atoms with van der Waals surface area (Å²) in [4.78, 5) is 48.7. The fourth-order valence-electron chi connectivity index (χ4n) is 5.07. The lowest BCUT2D eigenvalue weighted by Crippen LogP contribution is -2.40. The van der Waals surface area contributed by atoms with Crippen molar-refractivity contribution in [3.8, 4) is 0 Å². The number of hydrogen-bond donors (Lipinski definition) is 1. The summed E-state index contributed by atoms with van der Waals surface area (Å²) < 4.78 is 8.91. The third kappa shape index (κ3) is 13.0. The summed E-state index contributed by atoms with van der Waals surface area (Å²) in [5.74, 6) is -0.276. The first-order chi connectivity index (χ1) is 23.2. The monoisotopic (exact) mass is 659 g/mol. The maximum absolute atomic E-state index is 12.9. The minimum atomic E-state index is -0.242. The zero-order valence-corrected chi connectivity index (χ0v) is 30.1. The number of aldehydes is 2. The van der Waals surface area contributed by atoms with Crippen molar-refractivity contribution < 1.29 is 28.7 Å². The van der Waals surface area contributed by atoms with Gasteiger partial charge in [0.15, 0.2) is 5.78 Å². The fourth-order valence-corrected chi connectivity index (χ4v) is 5.07. The topological polar surface area (TPSA) is 105 Å². The van der Waals surface area contributed by atoms with Gasteiger partial charge in [-0.1, -0.05) is 76.2 Å². The van der Waals surface area contributed by atoms with E-state index in [0.29, 0.717) is 30.8 Å². The van der Waals surface area contributed by atoms with Crippen molar-refractivity contribution in [1.82, 2.24) is 9.80 Å². The third-order valence-electron chi connectivity index (χ3n) is 7.03. The number of ether oxygens (including phenoxy) is 2. The van der Waals surface area contributed by atoms with E-state index in [0.717, 1.165) is 53.7 Å². The summed E-state index contributed by atoms with van der Waals surface area (Å²) in [6.45, 7) is 15.0. The van der Waals surface area contributed by atoms with Crippen LogP contribution in [0.3, 0.4) is 0 Å². The van der Waals surface area contributed by atoms with E-state index in [-0.39, 0.29) is 18.3 Å². The lowest BCUT2D eigenvalue weighted by molar-refractivity contribution is -0.150. The Labute approximate surface area is 286 Å². The standard InChI is InChI=1S/C27H26N2O2.C6H9NO3.C2H6O.2C2H6/c1-18-13-20(17-30)9-12-25(18)26(19(2)31)27(21-7-5-4-6-8-21)28-24-11-10-22-15-29(3)16-23(22)14-24;8-3-1-7-2-4-10-6(9)5-7;1-3-2;2*1-2/h4-14,17,28H,15-16H2,1-3H3;3H,1-2,4-5H2;1-2H3;2*1-2H3/b27-26+;;;;. The van der Waals surface area contributed by atoms with Crippen LogP contribution in [0.15, 0.2) is 66.7 Å². The van der Waals surface area contributed by atoms with Crippen molar-refractivity contribution in [1.29, 1.82) is 0 Å². The van der Waals surface area contributed by atoms with Crippen molar-refractivity contribution in [3.63, 3.8) is 0 Å². The summed E-state index contributed by atoms with van der Waals surface area (Å²) in [5, 5.41) is 3.55. The van der Waals surface area contributed by atoms with Crippen molar-refractivity contribution in [2.24, 2.45) is 0 Å². The molecule has 1 fully saturated rings. The predicted octanol–water partition coefficient (Wildman–Crippen LogP) is 6.68. The molecule has 0 unspecified atom stereocenters. The van der Waals surface area contributed by atoms with Crippen LogP contribution in [-0.2, 0) is 36.9 Å². The second-order valence-electron chi connectivity index (χ2n) is 10.7. The molecule has 0 amide bonds. The van der Waals surface area contributed by atoms with E-state index in [4.69, 9.17) is 0 Å². The molecule has 48 heavy (non-hydrogen) atoms. The highest BCUT2D eigenvalue weighted by atomic mass is 16.5.